The van der Waals surface area contributed by atoms with Crippen LogP contribution in [-0.4, -0.2) is 59.1 Å². The molecule has 5 N–H and O–H groups in total. The molecule has 0 aliphatic carbocycles. The molecule has 1 aliphatic rings. The average molecular weight is 280 g/mol. The van der Waals surface area contributed by atoms with Gasteiger partial charge >= 0.3 is 0 Å². The maximum absolute atomic E-state index is 12.1. The number of hydrogen-bond acceptors (Lipinski definition) is 5. The Bertz CT molecular complexity index is 493. The zero-order valence-corrected chi connectivity index (χ0v) is 11.7. The molecule has 1 unspecified atom stereocenters. The monoisotopic (exact) mass is 280 g/mol. The Balaban J connectivity index is 1.98. The van der Waals surface area contributed by atoms with Gasteiger partial charge in [-0.05, 0) is 13.8 Å². The quantitative estimate of drug-likeness (QED) is 0.548. The first-order valence-electron chi connectivity index (χ1n) is 6.54. The average Bonchev–Trinajstić information content (AvgIpc) is 2.71. The highest BCUT2D eigenvalue weighted by molar-refractivity contribution is 5.93. The second-order valence-electron chi connectivity index (χ2n) is 4.95. The SMILES string of the molecule is Cc1n[nH]c(C)c1NC(=O)CN1CCNCC1C(N)=O. The number of nitrogens with one attached hydrogen (secondary N) is 3. The van der Waals surface area contributed by atoms with Crippen LogP contribution < -0.4 is 16.4 Å². The molecule has 2 rings (SSSR count). The lowest BCUT2D eigenvalue weighted by atomic mass is 10.2. The number of hydrogen-bond donors (Lipinski definition) is 4. The molecular weight excluding hydrogens is 260 g/mol. The standard InChI is InChI=1S/C12H20N6O2/c1-7-11(8(2)17-16-7)15-10(19)6-18-4-3-14-5-9(18)12(13)20/h9,14H,3-6H2,1-2H3,(H2,13,20)(H,15,19)(H,16,17). The number of amides is 2. The molecular formula is C12H20N6O2. The minimum atomic E-state index is -0.443. The fourth-order valence-electron chi connectivity index (χ4n) is 2.31. The molecule has 20 heavy (non-hydrogen) atoms. The summed E-state index contributed by atoms with van der Waals surface area (Å²) in [5, 5.41) is 12.7. The van der Waals surface area contributed by atoms with E-state index in [9.17, 15) is 9.59 Å². The molecule has 1 saturated heterocycles. The fourth-order valence-corrected chi connectivity index (χ4v) is 2.31. The number of anilines is 1. The van der Waals surface area contributed by atoms with E-state index in [0.29, 0.717) is 18.8 Å². The van der Waals surface area contributed by atoms with Crippen LogP contribution in [0.3, 0.4) is 0 Å². The van der Waals surface area contributed by atoms with Crippen molar-refractivity contribution in [1.82, 2.24) is 20.4 Å². The summed E-state index contributed by atoms with van der Waals surface area (Å²) in [5.41, 5.74) is 7.59. The topological polar surface area (TPSA) is 116 Å². The maximum atomic E-state index is 12.1. The van der Waals surface area contributed by atoms with Crippen LogP contribution in [-0.2, 0) is 9.59 Å². The van der Waals surface area contributed by atoms with E-state index < -0.39 is 11.9 Å². The molecule has 0 bridgehead atoms. The number of carbonyl (C=O) groups is 2. The van der Waals surface area contributed by atoms with Gasteiger partial charge in [-0.15, -0.1) is 0 Å². The molecule has 0 radical (unpaired) electrons. The Labute approximate surface area is 117 Å². The van der Waals surface area contributed by atoms with Gasteiger partial charge in [-0.2, -0.15) is 5.10 Å². The summed E-state index contributed by atoms with van der Waals surface area (Å²) in [6, 6.07) is -0.443. The molecule has 1 aliphatic heterocycles. The molecule has 8 nitrogen and oxygen atoms in total. The van der Waals surface area contributed by atoms with Crippen molar-refractivity contribution in [1.29, 1.82) is 0 Å². The number of aromatic nitrogens is 2. The van der Waals surface area contributed by atoms with Gasteiger partial charge in [0.1, 0.15) is 6.04 Å². The Morgan fingerprint density at radius 1 is 1.50 bits per heavy atom. The third-order valence-corrected chi connectivity index (χ3v) is 3.42. The van der Waals surface area contributed by atoms with Crippen molar-refractivity contribution >= 4 is 17.5 Å². The summed E-state index contributed by atoms with van der Waals surface area (Å²) in [6.07, 6.45) is 0. The van der Waals surface area contributed by atoms with E-state index in [1.54, 1.807) is 4.90 Å². The number of rotatable bonds is 4. The first-order chi connectivity index (χ1) is 9.49. The van der Waals surface area contributed by atoms with E-state index in [1.165, 1.54) is 0 Å². The summed E-state index contributed by atoms with van der Waals surface area (Å²) in [4.78, 5) is 25.2. The Morgan fingerprint density at radius 2 is 2.25 bits per heavy atom. The Kier molecular flexibility index (Phi) is 4.35. The van der Waals surface area contributed by atoms with Crippen LogP contribution in [0.15, 0.2) is 0 Å². The second-order valence-corrected chi connectivity index (χ2v) is 4.95. The van der Waals surface area contributed by atoms with Gasteiger partial charge in [0, 0.05) is 19.6 Å². The van der Waals surface area contributed by atoms with Crippen molar-refractivity contribution in [3.63, 3.8) is 0 Å². The highest BCUT2D eigenvalue weighted by Crippen LogP contribution is 2.16. The number of primary amides is 1. The number of nitrogens with zero attached hydrogens (tertiary/aromatic N) is 2. The molecule has 1 fully saturated rings. The van der Waals surface area contributed by atoms with Gasteiger partial charge in [0.15, 0.2) is 0 Å². The van der Waals surface area contributed by atoms with E-state index in [0.717, 1.165) is 17.9 Å². The van der Waals surface area contributed by atoms with Crippen LogP contribution in [0.25, 0.3) is 0 Å². The summed E-state index contributed by atoms with van der Waals surface area (Å²) in [7, 11) is 0. The third kappa shape index (κ3) is 3.14. The van der Waals surface area contributed by atoms with Crippen molar-refractivity contribution in [3.05, 3.63) is 11.4 Å². The molecule has 1 aromatic heterocycles. The van der Waals surface area contributed by atoms with Crippen molar-refractivity contribution in [2.45, 2.75) is 19.9 Å². The molecule has 0 spiro atoms. The van der Waals surface area contributed by atoms with Crippen LogP contribution in [0.5, 0.6) is 0 Å². The van der Waals surface area contributed by atoms with Gasteiger partial charge in [0.2, 0.25) is 11.8 Å². The minimum absolute atomic E-state index is 0.138. The predicted molar refractivity (Wildman–Crippen MR) is 74.1 cm³/mol. The van der Waals surface area contributed by atoms with E-state index in [-0.39, 0.29) is 12.5 Å². The van der Waals surface area contributed by atoms with Crippen molar-refractivity contribution in [2.24, 2.45) is 5.73 Å². The van der Waals surface area contributed by atoms with Gasteiger partial charge in [0.25, 0.3) is 0 Å². The first kappa shape index (κ1) is 14.5. The van der Waals surface area contributed by atoms with Gasteiger partial charge in [-0.1, -0.05) is 0 Å². The zero-order chi connectivity index (χ0) is 14.7. The lowest BCUT2D eigenvalue weighted by Crippen LogP contribution is -2.58. The van der Waals surface area contributed by atoms with E-state index in [2.05, 4.69) is 20.8 Å². The third-order valence-electron chi connectivity index (χ3n) is 3.42. The number of piperazine rings is 1. The number of carbonyl (C=O) groups excluding carboxylic acids is 2. The van der Waals surface area contributed by atoms with Crippen molar-refractivity contribution < 1.29 is 9.59 Å². The molecule has 1 aromatic rings. The van der Waals surface area contributed by atoms with Gasteiger partial charge in [-0.25, -0.2) is 0 Å². The predicted octanol–water partition coefficient (Wildman–Crippen LogP) is -1.28. The summed E-state index contributed by atoms with van der Waals surface area (Å²) in [6.45, 7) is 5.62. The first-order valence-corrected chi connectivity index (χ1v) is 6.54. The molecule has 8 heteroatoms. The van der Waals surface area contributed by atoms with Crippen molar-refractivity contribution in [3.8, 4) is 0 Å². The van der Waals surface area contributed by atoms with E-state index in [1.807, 2.05) is 13.8 Å². The normalized spacial score (nSPS) is 19.8. The highest BCUT2D eigenvalue weighted by atomic mass is 16.2. The number of H-pyrrole nitrogens is 1. The minimum Gasteiger partial charge on any atom is -0.368 e. The van der Waals surface area contributed by atoms with Gasteiger partial charge in [0.05, 0.1) is 23.6 Å². The number of nitrogens with two attached hydrogens (primary N) is 1. The summed E-state index contributed by atoms with van der Waals surface area (Å²) < 4.78 is 0. The summed E-state index contributed by atoms with van der Waals surface area (Å²) >= 11 is 0. The van der Waals surface area contributed by atoms with E-state index in [4.69, 9.17) is 5.73 Å². The molecule has 1 atom stereocenters. The molecule has 2 heterocycles. The van der Waals surface area contributed by atoms with Crippen LogP contribution in [0.2, 0.25) is 0 Å². The fraction of sp³-hybridized carbons (Fsp3) is 0.583. The van der Waals surface area contributed by atoms with Crippen LogP contribution in [0, 0.1) is 13.8 Å². The number of aromatic amines is 1. The smallest absolute Gasteiger partial charge is 0.238 e. The maximum Gasteiger partial charge on any atom is 0.238 e. The molecule has 0 saturated carbocycles. The van der Waals surface area contributed by atoms with Crippen LogP contribution in [0.1, 0.15) is 11.4 Å². The molecule has 0 aromatic carbocycles. The summed E-state index contributed by atoms with van der Waals surface area (Å²) in [5.74, 6) is -0.591. The molecule has 110 valence electrons. The zero-order valence-electron chi connectivity index (χ0n) is 11.7. The lowest BCUT2D eigenvalue weighted by Gasteiger charge is -2.33. The lowest BCUT2D eigenvalue weighted by molar-refractivity contribution is -0.125. The Morgan fingerprint density at radius 3 is 2.85 bits per heavy atom. The van der Waals surface area contributed by atoms with E-state index >= 15 is 0 Å². The second kappa shape index (κ2) is 6.02. The highest BCUT2D eigenvalue weighted by Gasteiger charge is 2.28. The van der Waals surface area contributed by atoms with Crippen molar-refractivity contribution in [2.75, 3.05) is 31.5 Å². The number of aryl methyl sites for hydroxylation is 2. The van der Waals surface area contributed by atoms with Gasteiger partial charge < -0.3 is 16.4 Å². The Hall–Kier alpha value is -1.93. The van der Waals surface area contributed by atoms with Crippen LogP contribution in [0.4, 0.5) is 5.69 Å². The van der Waals surface area contributed by atoms with Gasteiger partial charge in [-0.3, -0.25) is 19.6 Å². The van der Waals surface area contributed by atoms with Crippen LogP contribution >= 0.6 is 0 Å². The molecule has 2 amide bonds. The largest absolute Gasteiger partial charge is 0.368 e.